The van der Waals surface area contributed by atoms with E-state index in [1.807, 2.05) is 18.2 Å². The molecule has 1 atom stereocenters. The molecule has 1 aromatic carbocycles. The number of benzene rings is 1. The van der Waals surface area contributed by atoms with Gasteiger partial charge in [-0.3, -0.25) is 9.69 Å². The zero-order chi connectivity index (χ0) is 16.2. The highest BCUT2D eigenvalue weighted by molar-refractivity contribution is 5.91. The van der Waals surface area contributed by atoms with Crippen molar-refractivity contribution in [2.45, 2.75) is 25.8 Å². The van der Waals surface area contributed by atoms with Gasteiger partial charge in [0.15, 0.2) is 5.82 Å². The molecular weight excluding hydrogens is 296 g/mol. The Morgan fingerprint density at radius 2 is 2.26 bits per heavy atom. The van der Waals surface area contributed by atoms with Crippen LogP contribution in [0.5, 0.6) is 5.75 Å². The first-order valence-electron chi connectivity index (χ1n) is 7.65. The van der Waals surface area contributed by atoms with Crippen molar-refractivity contribution in [2.24, 2.45) is 0 Å². The molecule has 1 amide bonds. The van der Waals surface area contributed by atoms with E-state index in [1.54, 1.807) is 14.0 Å². The molecule has 1 aromatic heterocycles. The summed E-state index contributed by atoms with van der Waals surface area (Å²) in [6, 6.07) is 8.16. The monoisotopic (exact) mass is 316 g/mol. The number of anilines is 1. The summed E-state index contributed by atoms with van der Waals surface area (Å²) in [5.41, 5.74) is 1.70. The van der Waals surface area contributed by atoms with E-state index in [-0.39, 0.29) is 11.9 Å². The molecule has 122 valence electrons. The fourth-order valence-corrected chi connectivity index (χ4v) is 3.01. The van der Waals surface area contributed by atoms with Crippen LogP contribution in [-0.2, 0) is 4.79 Å². The third kappa shape index (κ3) is 3.34. The Morgan fingerprint density at radius 3 is 3.00 bits per heavy atom. The molecule has 0 aliphatic carbocycles. The summed E-state index contributed by atoms with van der Waals surface area (Å²) in [5, 5.41) is 10.1. The molecule has 0 spiro atoms. The number of methoxy groups -OCH3 is 1. The van der Waals surface area contributed by atoms with E-state index in [0.717, 1.165) is 30.7 Å². The number of aryl methyl sites for hydroxylation is 1. The molecule has 2 aromatic rings. The minimum Gasteiger partial charge on any atom is -0.496 e. The van der Waals surface area contributed by atoms with Crippen LogP contribution in [0.1, 0.15) is 30.1 Å². The van der Waals surface area contributed by atoms with E-state index in [2.05, 4.69) is 31.2 Å². The first-order chi connectivity index (χ1) is 11.2. The summed E-state index contributed by atoms with van der Waals surface area (Å²) < 4.78 is 10.0. The van der Waals surface area contributed by atoms with Crippen LogP contribution in [0.2, 0.25) is 0 Å². The number of hydrogen-bond acceptors (Lipinski definition) is 6. The largest absolute Gasteiger partial charge is 0.496 e. The number of amides is 1. The maximum atomic E-state index is 12.3. The van der Waals surface area contributed by atoms with Gasteiger partial charge in [-0.1, -0.05) is 23.4 Å². The minimum atomic E-state index is -0.120. The molecule has 1 aliphatic rings. The molecule has 1 aliphatic heterocycles. The minimum absolute atomic E-state index is 0.120. The average molecular weight is 316 g/mol. The van der Waals surface area contributed by atoms with Gasteiger partial charge in [-0.25, -0.2) is 4.63 Å². The fraction of sp³-hybridized carbons (Fsp3) is 0.438. The number of aromatic nitrogens is 2. The van der Waals surface area contributed by atoms with Crippen molar-refractivity contribution in [3.8, 4) is 5.75 Å². The van der Waals surface area contributed by atoms with Gasteiger partial charge in [-0.05, 0) is 37.5 Å². The SMILES string of the molecule is COc1ccccc1[C@@H]1CCCN1CC(=O)Nc1nonc1C. The summed E-state index contributed by atoms with van der Waals surface area (Å²) in [7, 11) is 1.67. The van der Waals surface area contributed by atoms with Gasteiger partial charge in [0.25, 0.3) is 0 Å². The number of rotatable bonds is 5. The second kappa shape index (κ2) is 6.78. The van der Waals surface area contributed by atoms with Crippen LogP contribution in [-0.4, -0.2) is 41.3 Å². The van der Waals surface area contributed by atoms with E-state index < -0.39 is 0 Å². The highest BCUT2D eigenvalue weighted by Gasteiger charge is 2.29. The van der Waals surface area contributed by atoms with Crippen molar-refractivity contribution in [3.05, 3.63) is 35.5 Å². The smallest absolute Gasteiger partial charge is 0.239 e. The Labute approximate surface area is 134 Å². The van der Waals surface area contributed by atoms with Gasteiger partial charge in [-0.15, -0.1) is 0 Å². The molecular formula is C16H20N4O3. The van der Waals surface area contributed by atoms with Crippen LogP contribution in [0.4, 0.5) is 5.82 Å². The molecule has 1 fully saturated rings. The molecule has 0 radical (unpaired) electrons. The van der Waals surface area contributed by atoms with Crippen LogP contribution in [0.25, 0.3) is 0 Å². The molecule has 0 unspecified atom stereocenters. The molecule has 7 nitrogen and oxygen atoms in total. The third-order valence-corrected chi connectivity index (χ3v) is 4.12. The highest BCUT2D eigenvalue weighted by Crippen LogP contribution is 2.36. The maximum absolute atomic E-state index is 12.3. The second-order valence-corrected chi connectivity index (χ2v) is 5.62. The van der Waals surface area contributed by atoms with E-state index in [0.29, 0.717) is 18.1 Å². The number of carbonyl (C=O) groups excluding carboxylic acids is 1. The summed E-state index contributed by atoms with van der Waals surface area (Å²) in [6.45, 7) is 2.92. The number of hydrogen-bond donors (Lipinski definition) is 1. The normalized spacial score (nSPS) is 18.1. The van der Waals surface area contributed by atoms with E-state index in [1.165, 1.54) is 0 Å². The van der Waals surface area contributed by atoms with Crippen molar-refractivity contribution < 1.29 is 14.2 Å². The fourth-order valence-electron chi connectivity index (χ4n) is 3.01. The number of likely N-dealkylation sites (tertiary alicyclic amines) is 1. The van der Waals surface area contributed by atoms with Crippen LogP contribution in [0.3, 0.4) is 0 Å². The molecule has 1 N–H and O–H groups in total. The average Bonchev–Trinajstić information content (AvgIpc) is 3.17. The van der Waals surface area contributed by atoms with Crippen molar-refractivity contribution in [3.63, 3.8) is 0 Å². The predicted octanol–water partition coefficient (Wildman–Crippen LogP) is 2.16. The van der Waals surface area contributed by atoms with Gasteiger partial charge in [-0.2, -0.15) is 0 Å². The molecule has 0 saturated carbocycles. The zero-order valence-electron chi connectivity index (χ0n) is 13.3. The topological polar surface area (TPSA) is 80.5 Å². The first kappa shape index (κ1) is 15.5. The molecule has 23 heavy (non-hydrogen) atoms. The van der Waals surface area contributed by atoms with Crippen LogP contribution in [0.15, 0.2) is 28.9 Å². The number of nitrogens with one attached hydrogen (secondary N) is 1. The number of ether oxygens (including phenoxy) is 1. The molecule has 7 heteroatoms. The van der Waals surface area contributed by atoms with Crippen molar-refractivity contribution >= 4 is 11.7 Å². The standard InChI is InChI=1S/C16H20N4O3/c1-11-16(19-23-18-11)17-15(21)10-20-9-5-7-13(20)12-6-3-4-8-14(12)22-2/h3-4,6,8,13H,5,7,9-10H2,1-2H3,(H,17,19,21)/t13-/m0/s1. The quantitative estimate of drug-likeness (QED) is 0.910. The van der Waals surface area contributed by atoms with Crippen molar-refractivity contribution in [1.29, 1.82) is 0 Å². The van der Waals surface area contributed by atoms with Gasteiger partial charge < -0.3 is 10.1 Å². The van der Waals surface area contributed by atoms with Crippen LogP contribution in [0, 0.1) is 6.92 Å². The highest BCUT2D eigenvalue weighted by atomic mass is 16.6. The Kier molecular flexibility index (Phi) is 4.57. The lowest BCUT2D eigenvalue weighted by Gasteiger charge is -2.25. The van der Waals surface area contributed by atoms with Gasteiger partial charge in [0.05, 0.1) is 13.7 Å². The number of nitrogens with zero attached hydrogens (tertiary/aromatic N) is 3. The Balaban J connectivity index is 1.69. The Hall–Kier alpha value is -2.41. The molecule has 1 saturated heterocycles. The third-order valence-electron chi connectivity index (χ3n) is 4.12. The van der Waals surface area contributed by atoms with Gasteiger partial charge in [0.1, 0.15) is 11.4 Å². The van der Waals surface area contributed by atoms with Crippen LogP contribution < -0.4 is 10.1 Å². The summed E-state index contributed by atoms with van der Waals surface area (Å²) in [6.07, 6.45) is 2.07. The number of carbonyl (C=O) groups is 1. The zero-order valence-corrected chi connectivity index (χ0v) is 13.3. The predicted molar refractivity (Wildman–Crippen MR) is 84.2 cm³/mol. The molecule has 2 heterocycles. The lowest BCUT2D eigenvalue weighted by atomic mass is 10.0. The van der Waals surface area contributed by atoms with Gasteiger partial charge >= 0.3 is 0 Å². The van der Waals surface area contributed by atoms with E-state index in [9.17, 15) is 4.79 Å². The summed E-state index contributed by atoms with van der Waals surface area (Å²) in [5.74, 6) is 1.12. The summed E-state index contributed by atoms with van der Waals surface area (Å²) >= 11 is 0. The van der Waals surface area contributed by atoms with Crippen molar-refractivity contribution in [2.75, 3.05) is 25.5 Å². The van der Waals surface area contributed by atoms with E-state index >= 15 is 0 Å². The maximum Gasteiger partial charge on any atom is 0.239 e. The van der Waals surface area contributed by atoms with Crippen molar-refractivity contribution in [1.82, 2.24) is 15.2 Å². The lowest BCUT2D eigenvalue weighted by molar-refractivity contribution is -0.117. The second-order valence-electron chi connectivity index (χ2n) is 5.62. The first-order valence-corrected chi connectivity index (χ1v) is 7.65. The Bertz CT molecular complexity index is 685. The van der Waals surface area contributed by atoms with Gasteiger partial charge in [0, 0.05) is 11.6 Å². The summed E-state index contributed by atoms with van der Waals surface area (Å²) in [4.78, 5) is 14.4. The van der Waals surface area contributed by atoms with E-state index in [4.69, 9.17) is 4.74 Å². The van der Waals surface area contributed by atoms with Gasteiger partial charge in [0.2, 0.25) is 5.91 Å². The number of para-hydroxylation sites is 1. The van der Waals surface area contributed by atoms with Crippen LogP contribution >= 0.6 is 0 Å². The Morgan fingerprint density at radius 1 is 1.43 bits per heavy atom. The lowest BCUT2D eigenvalue weighted by Crippen LogP contribution is -2.33. The molecule has 0 bridgehead atoms. The molecule has 3 rings (SSSR count).